The first-order chi connectivity index (χ1) is 9.16. The van der Waals surface area contributed by atoms with E-state index in [1.54, 1.807) is 0 Å². The maximum atomic E-state index is 10.6. The monoisotopic (exact) mass is 260 g/mol. The fraction of sp³-hybridized carbons (Fsp3) is 0.625. The highest BCUT2D eigenvalue weighted by molar-refractivity contribution is 5.36. The molecule has 1 aromatic rings. The molecule has 2 aliphatic rings. The number of likely N-dealkylation sites (N-methyl/N-ethyl adjacent to an activating group) is 1. The SMILES string of the molecule is CC1CN(C)CCCN1C1Cc2ccccc2C1O. The fourth-order valence-electron chi connectivity index (χ4n) is 3.73. The molecule has 1 N–H and O–H groups in total. The van der Waals surface area contributed by atoms with Gasteiger partial charge < -0.3 is 10.0 Å². The second kappa shape index (κ2) is 5.23. The van der Waals surface area contributed by atoms with Crippen LogP contribution in [0, 0.1) is 0 Å². The summed E-state index contributed by atoms with van der Waals surface area (Å²) in [6, 6.07) is 9.12. The summed E-state index contributed by atoms with van der Waals surface area (Å²) in [5.41, 5.74) is 2.46. The van der Waals surface area contributed by atoms with Gasteiger partial charge in [0.25, 0.3) is 0 Å². The summed E-state index contributed by atoms with van der Waals surface area (Å²) in [6.07, 6.45) is 1.87. The largest absolute Gasteiger partial charge is 0.387 e. The maximum Gasteiger partial charge on any atom is 0.0951 e. The number of nitrogens with zero attached hydrogens (tertiary/aromatic N) is 2. The minimum Gasteiger partial charge on any atom is -0.387 e. The summed E-state index contributed by atoms with van der Waals surface area (Å²) < 4.78 is 0. The fourth-order valence-corrected chi connectivity index (χ4v) is 3.73. The van der Waals surface area contributed by atoms with Crippen LogP contribution in [0.4, 0.5) is 0 Å². The number of aliphatic hydroxyl groups is 1. The molecule has 0 saturated carbocycles. The Balaban J connectivity index is 1.80. The van der Waals surface area contributed by atoms with Gasteiger partial charge in [0.2, 0.25) is 0 Å². The van der Waals surface area contributed by atoms with Gasteiger partial charge in [-0.15, -0.1) is 0 Å². The highest BCUT2D eigenvalue weighted by atomic mass is 16.3. The van der Waals surface area contributed by atoms with Crippen LogP contribution in [0.15, 0.2) is 24.3 Å². The summed E-state index contributed by atoms with van der Waals surface area (Å²) in [5, 5.41) is 10.6. The molecule has 0 radical (unpaired) electrons. The topological polar surface area (TPSA) is 26.7 Å². The van der Waals surface area contributed by atoms with E-state index in [1.807, 2.05) is 6.07 Å². The molecule has 3 nitrogen and oxygen atoms in total. The van der Waals surface area contributed by atoms with Gasteiger partial charge in [0.15, 0.2) is 0 Å². The summed E-state index contributed by atoms with van der Waals surface area (Å²) in [5.74, 6) is 0. The van der Waals surface area contributed by atoms with E-state index in [1.165, 1.54) is 12.0 Å². The first-order valence-corrected chi connectivity index (χ1v) is 7.37. The molecule has 0 amide bonds. The van der Waals surface area contributed by atoms with Gasteiger partial charge in [0, 0.05) is 25.2 Å². The molecule has 1 fully saturated rings. The van der Waals surface area contributed by atoms with Crippen molar-refractivity contribution in [3.63, 3.8) is 0 Å². The molecule has 3 heteroatoms. The van der Waals surface area contributed by atoms with Crippen LogP contribution in [0.3, 0.4) is 0 Å². The first-order valence-electron chi connectivity index (χ1n) is 7.37. The van der Waals surface area contributed by atoms with Gasteiger partial charge in [0.05, 0.1) is 6.10 Å². The van der Waals surface area contributed by atoms with E-state index >= 15 is 0 Å². The third kappa shape index (κ3) is 2.42. The van der Waals surface area contributed by atoms with Crippen molar-refractivity contribution in [2.24, 2.45) is 0 Å². The number of rotatable bonds is 1. The van der Waals surface area contributed by atoms with Gasteiger partial charge in [0.1, 0.15) is 0 Å². The maximum absolute atomic E-state index is 10.6. The second-order valence-corrected chi connectivity index (χ2v) is 6.12. The van der Waals surface area contributed by atoms with Gasteiger partial charge in [-0.05, 0) is 44.5 Å². The van der Waals surface area contributed by atoms with Crippen LogP contribution in [0.5, 0.6) is 0 Å². The van der Waals surface area contributed by atoms with E-state index in [9.17, 15) is 5.11 Å². The Bertz CT molecular complexity index is 448. The number of fused-ring (bicyclic) bond motifs is 1. The van der Waals surface area contributed by atoms with Crippen molar-refractivity contribution in [3.8, 4) is 0 Å². The molecule has 1 heterocycles. The quantitative estimate of drug-likeness (QED) is 0.832. The molecule has 1 aliphatic carbocycles. The lowest BCUT2D eigenvalue weighted by Gasteiger charge is -2.35. The standard InChI is InChI=1S/C16H24N2O/c1-12-11-17(2)8-5-9-18(12)15-10-13-6-3-4-7-14(13)16(15)19/h3-4,6-7,12,15-16,19H,5,8-11H2,1-2H3. The zero-order valence-corrected chi connectivity index (χ0v) is 11.9. The molecule has 3 unspecified atom stereocenters. The average Bonchev–Trinajstić information content (AvgIpc) is 2.62. The smallest absolute Gasteiger partial charge is 0.0951 e. The van der Waals surface area contributed by atoms with Gasteiger partial charge in [-0.3, -0.25) is 4.90 Å². The normalized spacial score (nSPS) is 33.1. The molecule has 3 rings (SSSR count). The van der Waals surface area contributed by atoms with Crippen molar-refractivity contribution in [2.75, 3.05) is 26.7 Å². The Morgan fingerprint density at radius 2 is 2.00 bits per heavy atom. The molecule has 3 atom stereocenters. The van der Waals surface area contributed by atoms with Crippen LogP contribution in [-0.4, -0.2) is 53.7 Å². The van der Waals surface area contributed by atoms with Crippen molar-refractivity contribution in [1.29, 1.82) is 0 Å². The lowest BCUT2D eigenvalue weighted by Crippen LogP contribution is -2.46. The lowest BCUT2D eigenvalue weighted by atomic mass is 10.1. The Morgan fingerprint density at radius 3 is 2.79 bits per heavy atom. The molecule has 19 heavy (non-hydrogen) atoms. The van der Waals surface area contributed by atoms with E-state index in [2.05, 4.69) is 42.0 Å². The molecule has 1 aliphatic heterocycles. The van der Waals surface area contributed by atoms with E-state index in [0.717, 1.165) is 31.6 Å². The lowest BCUT2D eigenvalue weighted by molar-refractivity contribution is 0.0396. The van der Waals surface area contributed by atoms with Crippen LogP contribution in [0.1, 0.15) is 30.6 Å². The van der Waals surface area contributed by atoms with E-state index in [4.69, 9.17) is 0 Å². The molecule has 1 saturated heterocycles. The Morgan fingerprint density at radius 1 is 1.21 bits per heavy atom. The van der Waals surface area contributed by atoms with Crippen molar-refractivity contribution in [2.45, 2.75) is 38.0 Å². The zero-order valence-electron chi connectivity index (χ0n) is 11.9. The predicted molar refractivity (Wildman–Crippen MR) is 77.2 cm³/mol. The van der Waals surface area contributed by atoms with E-state index in [0.29, 0.717) is 6.04 Å². The second-order valence-electron chi connectivity index (χ2n) is 6.12. The minimum atomic E-state index is -0.318. The van der Waals surface area contributed by atoms with Gasteiger partial charge in [-0.2, -0.15) is 0 Å². The van der Waals surface area contributed by atoms with Crippen LogP contribution in [0.2, 0.25) is 0 Å². The highest BCUT2D eigenvalue weighted by Crippen LogP contribution is 2.35. The number of aliphatic hydroxyl groups excluding tert-OH is 1. The van der Waals surface area contributed by atoms with Crippen LogP contribution in [0.25, 0.3) is 0 Å². The van der Waals surface area contributed by atoms with E-state index < -0.39 is 0 Å². The van der Waals surface area contributed by atoms with Crippen molar-refractivity contribution < 1.29 is 5.11 Å². The van der Waals surface area contributed by atoms with Gasteiger partial charge >= 0.3 is 0 Å². The number of benzene rings is 1. The molecular formula is C16H24N2O. The molecule has 0 bridgehead atoms. The number of hydrogen-bond acceptors (Lipinski definition) is 3. The average molecular weight is 260 g/mol. The Hall–Kier alpha value is -0.900. The molecule has 0 spiro atoms. The number of hydrogen-bond donors (Lipinski definition) is 1. The minimum absolute atomic E-state index is 0.263. The van der Waals surface area contributed by atoms with Crippen molar-refractivity contribution in [3.05, 3.63) is 35.4 Å². The first kappa shape index (κ1) is 13.1. The third-order valence-electron chi connectivity index (χ3n) is 4.69. The van der Waals surface area contributed by atoms with Crippen LogP contribution in [-0.2, 0) is 6.42 Å². The van der Waals surface area contributed by atoms with Gasteiger partial charge in [-0.1, -0.05) is 24.3 Å². The molecule has 0 aromatic heterocycles. The summed E-state index contributed by atoms with van der Waals surface area (Å²) in [4.78, 5) is 4.92. The highest BCUT2D eigenvalue weighted by Gasteiger charge is 2.37. The van der Waals surface area contributed by atoms with Gasteiger partial charge in [-0.25, -0.2) is 0 Å². The molecule has 1 aromatic carbocycles. The van der Waals surface area contributed by atoms with Crippen molar-refractivity contribution >= 4 is 0 Å². The molecule has 104 valence electrons. The Kier molecular flexibility index (Phi) is 3.61. The zero-order chi connectivity index (χ0) is 13.4. The predicted octanol–water partition coefficient (Wildman–Crippen LogP) is 1.67. The van der Waals surface area contributed by atoms with Crippen LogP contribution < -0.4 is 0 Å². The summed E-state index contributed by atoms with van der Waals surface area (Å²) in [7, 11) is 2.19. The Labute approximate surface area is 115 Å². The molecular weight excluding hydrogens is 236 g/mol. The van der Waals surface area contributed by atoms with Crippen LogP contribution >= 0.6 is 0 Å². The summed E-state index contributed by atoms with van der Waals surface area (Å²) >= 11 is 0. The van der Waals surface area contributed by atoms with Crippen molar-refractivity contribution in [1.82, 2.24) is 9.80 Å². The third-order valence-corrected chi connectivity index (χ3v) is 4.69. The summed E-state index contributed by atoms with van der Waals surface area (Å²) in [6.45, 7) is 5.65. The van der Waals surface area contributed by atoms with E-state index in [-0.39, 0.29) is 12.1 Å².